The Morgan fingerprint density at radius 3 is 2.62 bits per heavy atom. The maximum atomic E-state index is 13.7. The molecule has 3 nitrogen and oxygen atoms in total. The maximum Gasteiger partial charge on any atom is 0.169 e. The summed E-state index contributed by atoms with van der Waals surface area (Å²) in [5, 5.41) is 3.17. The molecule has 0 aromatic heterocycles. The summed E-state index contributed by atoms with van der Waals surface area (Å²) >= 11 is 0. The molecule has 2 rings (SSSR count). The minimum Gasteiger partial charge on any atom is -0.493 e. The molecule has 4 heteroatoms. The second-order valence-electron chi connectivity index (χ2n) is 4.83. The molecule has 0 saturated carbocycles. The maximum absolute atomic E-state index is 13.7. The van der Waals surface area contributed by atoms with Gasteiger partial charge in [-0.2, -0.15) is 0 Å². The lowest BCUT2D eigenvalue weighted by molar-refractivity contribution is 0.377. The Balaban J connectivity index is 2.24. The Hall–Kier alpha value is -2.07. The molecule has 1 N–H and O–H groups in total. The van der Waals surface area contributed by atoms with Crippen LogP contribution in [0.4, 0.5) is 4.39 Å². The van der Waals surface area contributed by atoms with Crippen LogP contribution in [-0.2, 0) is 6.54 Å². The van der Waals surface area contributed by atoms with E-state index in [1.165, 1.54) is 12.1 Å². The zero-order valence-electron chi connectivity index (χ0n) is 12.6. The van der Waals surface area contributed by atoms with E-state index in [1.54, 1.807) is 7.11 Å². The molecule has 0 heterocycles. The third-order valence-electron chi connectivity index (χ3n) is 3.06. The largest absolute Gasteiger partial charge is 0.493 e. The van der Waals surface area contributed by atoms with E-state index < -0.39 is 0 Å². The summed E-state index contributed by atoms with van der Waals surface area (Å²) in [5.74, 6) is 1.35. The standard InChI is InChI=1S/C17H20FNO2/c1-4-19-11-13-8-14(18)10-15(9-13)21-16-6-5-12(2)7-17(16)20-3/h5-10,19H,4,11H2,1-3H3. The average molecular weight is 289 g/mol. The summed E-state index contributed by atoms with van der Waals surface area (Å²) < 4.78 is 24.7. The van der Waals surface area contributed by atoms with E-state index in [0.29, 0.717) is 23.8 Å². The van der Waals surface area contributed by atoms with Crippen molar-refractivity contribution >= 4 is 0 Å². The first kappa shape index (κ1) is 15.3. The van der Waals surface area contributed by atoms with Gasteiger partial charge in [-0.05, 0) is 48.9 Å². The molecule has 0 unspecified atom stereocenters. The molecule has 0 aliphatic heterocycles. The van der Waals surface area contributed by atoms with Crippen LogP contribution in [0, 0.1) is 12.7 Å². The Morgan fingerprint density at radius 1 is 1.10 bits per heavy atom. The molecule has 0 aliphatic carbocycles. The number of nitrogens with one attached hydrogen (secondary N) is 1. The molecule has 2 aromatic carbocycles. The topological polar surface area (TPSA) is 30.5 Å². The van der Waals surface area contributed by atoms with E-state index in [2.05, 4.69) is 5.32 Å². The van der Waals surface area contributed by atoms with Gasteiger partial charge in [-0.3, -0.25) is 0 Å². The molecular weight excluding hydrogens is 269 g/mol. The van der Waals surface area contributed by atoms with Crippen LogP contribution in [0.25, 0.3) is 0 Å². The predicted molar refractivity (Wildman–Crippen MR) is 81.6 cm³/mol. The molecule has 2 aromatic rings. The first-order chi connectivity index (χ1) is 10.1. The van der Waals surface area contributed by atoms with Crippen LogP contribution in [0.15, 0.2) is 36.4 Å². The highest BCUT2D eigenvalue weighted by molar-refractivity contribution is 5.45. The number of benzene rings is 2. The van der Waals surface area contributed by atoms with Gasteiger partial charge in [0.2, 0.25) is 0 Å². The van der Waals surface area contributed by atoms with E-state index >= 15 is 0 Å². The summed E-state index contributed by atoms with van der Waals surface area (Å²) in [5.41, 5.74) is 1.92. The molecule has 112 valence electrons. The monoisotopic (exact) mass is 289 g/mol. The first-order valence-corrected chi connectivity index (χ1v) is 6.95. The number of aryl methyl sites for hydroxylation is 1. The van der Waals surface area contributed by atoms with Crippen molar-refractivity contribution in [3.05, 3.63) is 53.3 Å². The van der Waals surface area contributed by atoms with E-state index in [4.69, 9.17) is 9.47 Å². The van der Waals surface area contributed by atoms with Gasteiger partial charge in [-0.1, -0.05) is 13.0 Å². The highest BCUT2D eigenvalue weighted by Gasteiger charge is 2.08. The van der Waals surface area contributed by atoms with Gasteiger partial charge in [0.25, 0.3) is 0 Å². The third-order valence-corrected chi connectivity index (χ3v) is 3.06. The van der Waals surface area contributed by atoms with Crippen molar-refractivity contribution in [2.75, 3.05) is 13.7 Å². The molecule has 0 radical (unpaired) electrons. The van der Waals surface area contributed by atoms with Crippen LogP contribution >= 0.6 is 0 Å². The molecule has 0 aliphatic rings. The fourth-order valence-corrected chi connectivity index (χ4v) is 2.04. The summed E-state index contributed by atoms with van der Waals surface area (Å²) in [4.78, 5) is 0. The summed E-state index contributed by atoms with van der Waals surface area (Å²) in [6.45, 7) is 5.42. The van der Waals surface area contributed by atoms with Gasteiger partial charge in [0.1, 0.15) is 11.6 Å². The minimum absolute atomic E-state index is 0.313. The predicted octanol–water partition coefficient (Wildman–Crippen LogP) is 4.04. The lowest BCUT2D eigenvalue weighted by Gasteiger charge is -2.12. The summed E-state index contributed by atoms with van der Waals surface area (Å²) in [7, 11) is 1.59. The molecule has 0 spiro atoms. The van der Waals surface area contributed by atoms with Crippen molar-refractivity contribution in [2.45, 2.75) is 20.4 Å². The van der Waals surface area contributed by atoms with Gasteiger partial charge in [0.15, 0.2) is 11.5 Å². The molecule has 0 bridgehead atoms. The van der Waals surface area contributed by atoms with Gasteiger partial charge in [0.05, 0.1) is 7.11 Å². The Labute approximate surface area is 124 Å². The van der Waals surface area contributed by atoms with Crippen LogP contribution in [-0.4, -0.2) is 13.7 Å². The normalized spacial score (nSPS) is 10.5. The van der Waals surface area contributed by atoms with Gasteiger partial charge in [-0.25, -0.2) is 4.39 Å². The number of methoxy groups -OCH3 is 1. The fourth-order valence-electron chi connectivity index (χ4n) is 2.04. The second kappa shape index (κ2) is 7.09. The van der Waals surface area contributed by atoms with Crippen molar-refractivity contribution in [1.29, 1.82) is 0 Å². The van der Waals surface area contributed by atoms with E-state index in [9.17, 15) is 4.39 Å². The number of ether oxygens (including phenoxy) is 2. The summed E-state index contributed by atoms with van der Waals surface area (Å²) in [6, 6.07) is 10.3. The first-order valence-electron chi connectivity index (χ1n) is 6.95. The van der Waals surface area contributed by atoms with Gasteiger partial charge >= 0.3 is 0 Å². The fraction of sp³-hybridized carbons (Fsp3) is 0.294. The quantitative estimate of drug-likeness (QED) is 0.870. The number of hydrogen-bond acceptors (Lipinski definition) is 3. The summed E-state index contributed by atoms with van der Waals surface area (Å²) in [6.07, 6.45) is 0. The second-order valence-corrected chi connectivity index (χ2v) is 4.83. The molecule has 21 heavy (non-hydrogen) atoms. The van der Waals surface area contributed by atoms with Crippen molar-refractivity contribution in [1.82, 2.24) is 5.32 Å². The van der Waals surface area contributed by atoms with Gasteiger partial charge in [-0.15, -0.1) is 0 Å². The lowest BCUT2D eigenvalue weighted by Crippen LogP contribution is -2.11. The smallest absolute Gasteiger partial charge is 0.169 e. The molecule has 0 amide bonds. The van der Waals surface area contributed by atoms with E-state index in [1.807, 2.05) is 38.1 Å². The number of halogens is 1. The van der Waals surface area contributed by atoms with Crippen molar-refractivity contribution in [2.24, 2.45) is 0 Å². The molecular formula is C17H20FNO2. The van der Waals surface area contributed by atoms with E-state index in [0.717, 1.165) is 17.7 Å². The average Bonchev–Trinajstić information content (AvgIpc) is 2.46. The Kier molecular flexibility index (Phi) is 5.17. The Bertz CT molecular complexity index is 614. The van der Waals surface area contributed by atoms with E-state index in [-0.39, 0.29) is 5.82 Å². The van der Waals surface area contributed by atoms with Crippen molar-refractivity contribution in [3.8, 4) is 17.2 Å². The van der Waals surface area contributed by atoms with Crippen molar-refractivity contribution < 1.29 is 13.9 Å². The minimum atomic E-state index is -0.313. The van der Waals surface area contributed by atoms with Gasteiger partial charge < -0.3 is 14.8 Å². The van der Waals surface area contributed by atoms with Crippen LogP contribution in [0.2, 0.25) is 0 Å². The molecule has 0 saturated heterocycles. The number of rotatable bonds is 6. The lowest BCUT2D eigenvalue weighted by atomic mass is 10.2. The van der Waals surface area contributed by atoms with Crippen molar-refractivity contribution in [3.63, 3.8) is 0 Å². The zero-order chi connectivity index (χ0) is 15.2. The van der Waals surface area contributed by atoms with Crippen LogP contribution in [0.1, 0.15) is 18.1 Å². The molecule has 0 fully saturated rings. The van der Waals surface area contributed by atoms with Gasteiger partial charge in [0, 0.05) is 12.6 Å². The Morgan fingerprint density at radius 2 is 1.90 bits per heavy atom. The van der Waals surface area contributed by atoms with Crippen LogP contribution in [0.5, 0.6) is 17.2 Å². The SMILES string of the molecule is CCNCc1cc(F)cc(Oc2ccc(C)cc2OC)c1. The van der Waals surface area contributed by atoms with Crippen LogP contribution in [0.3, 0.4) is 0 Å². The highest BCUT2D eigenvalue weighted by atomic mass is 19.1. The van der Waals surface area contributed by atoms with Crippen LogP contribution < -0.4 is 14.8 Å². The zero-order valence-corrected chi connectivity index (χ0v) is 12.6. The third kappa shape index (κ3) is 4.20. The highest BCUT2D eigenvalue weighted by Crippen LogP contribution is 2.32. The molecule has 0 atom stereocenters. The number of hydrogen-bond donors (Lipinski definition) is 1.